The minimum absolute atomic E-state index is 0.0437. The van der Waals surface area contributed by atoms with Gasteiger partial charge < -0.3 is 35.8 Å². The summed E-state index contributed by atoms with van der Waals surface area (Å²) in [6.07, 6.45) is 0.990. The lowest BCUT2D eigenvalue weighted by atomic mass is 9.45. The van der Waals surface area contributed by atoms with E-state index in [1.165, 1.54) is 13.5 Å². The van der Waals surface area contributed by atoms with E-state index in [0.29, 0.717) is 34.6 Å². The Morgan fingerprint density at radius 3 is 2.39 bits per heavy atom. The summed E-state index contributed by atoms with van der Waals surface area (Å²) in [6, 6.07) is 19.1. The van der Waals surface area contributed by atoms with Gasteiger partial charge in [0.15, 0.2) is 0 Å². The molecule has 0 aromatic heterocycles. The summed E-state index contributed by atoms with van der Waals surface area (Å²) in [5.74, 6) is 0.310. The minimum atomic E-state index is -0.897. The van der Waals surface area contributed by atoms with E-state index in [0.717, 1.165) is 28.8 Å². The van der Waals surface area contributed by atoms with Gasteiger partial charge in [-0.2, -0.15) is 5.06 Å². The molecule has 4 aliphatic rings. The fraction of sp³-hybridized carbons (Fsp3) is 0.523. The van der Waals surface area contributed by atoms with Gasteiger partial charge in [-0.3, -0.25) is 14.4 Å². The summed E-state index contributed by atoms with van der Waals surface area (Å²) < 4.78 is 11.1. The SMILES string of the molecule is COC(=O)[C@H](Cc1ccccc1)NC(=O)c1cc(-c2cccc(CN3O[C@@H](CN)[C@@H]([C@H](C)O)[C@H]3C(=O)NC3C[C@H]4C[C@@H]([C@@H]3C)C4(C)C)c2OC)cc(N(C)C)c1. The summed E-state index contributed by atoms with van der Waals surface area (Å²) in [7, 11) is 6.67. The Bertz CT molecular complexity index is 1880. The fourth-order valence-electron chi connectivity index (χ4n) is 9.46. The highest BCUT2D eigenvalue weighted by Gasteiger charge is 2.57. The second-order valence-electron chi connectivity index (χ2n) is 16.7. The van der Waals surface area contributed by atoms with Gasteiger partial charge in [-0.25, -0.2) is 4.79 Å². The molecule has 3 aromatic rings. The Morgan fingerprint density at radius 2 is 1.79 bits per heavy atom. The number of nitrogens with two attached hydrogens (primary N) is 1. The monoisotopic (exact) mass is 769 g/mol. The predicted molar refractivity (Wildman–Crippen MR) is 216 cm³/mol. The molecule has 12 heteroatoms. The Balaban J connectivity index is 1.29. The number of ether oxygens (including phenoxy) is 2. The zero-order valence-corrected chi connectivity index (χ0v) is 34.0. The number of aliphatic hydroxyl groups excluding tert-OH is 1. The first-order valence-electron chi connectivity index (χ1n) is 19.7. The molecule has 4 fully saturated rings. The van der Waals surface area contributed by atoms with Crippen LogP contribution in [0.3, 0.4) is 0 Å². The number of aliphatic hydroxyl groups is 1. The van der Waals surface area contributed by atoms with Crippen molar-refractivity contribution in [1.29, 1.82) is 0 Å². The van der Waals surface area contributed by atoms with Crippen LogP contribution in [0.2, 0.25) is 0 Å². The number of benzene rings is 3. The molecule has 12 nitrogen and oxygen atoms in total. The largest absolute Gasteiger partial charge is 0.496 e. The Hall–Kier alpha value is -4.49. The number of esters is 1. The predicted octanol–water partition coefficient (Wildman–Crippen LogP) is 4.57. The lowest BCUT2D eigenvalue weighted by Crippen LogP contribution is -2.62. The lowest BCUT2D eigenvalue weighted by Gasteiger charge is -2.62. The van der Waals surface area contributed by atoms with Gasteiger partial charge in [0.1, 0.15) is 17.8 Å². The van der Waals surface area contributed by atoms with Gasteiger partial charge in [0.05, 0.1) is 33.0 Å². The van der Waals surface area contributed by atoms with Crippen LogP contribution in [0.5, 0.6) is 5.75 Å². The molecule has 5 N–H and O–H groups in total. The van der Waals surface area contributed by atoms with Crippen LogP contribution in [0.4, 0.5) is 5.69 Å². The Labute approximate surface area is 331 Å². The zero-order valence-electron chi connectivity index (χ0n) is 34.0. The van der Waals surface area contributed by atoms with Crippen molar-refractivity contribution in [3.05, 3.63) is 83.4 Å². The van der Waals surface area contributed by atoms with E-state index < -0.39 is 42.1 Å². The topological polar surface area (TPSA) is 156 Å². The number of hydrogen-bond donors (Lipinski definition) is 4. The van der Waals surface area contributed by atoms with E-state index in [4.69, 9.17) is 20.0 Å². The number of hydroxylamine groups is 2. The van der Waals surface area contributed by atoms with E-state index >= 15 is 0 Å². The van der Waals surface area contributed by atoms with Crippen LogP contribution in [-0.4, -0.2) is 93.1 Å². The number of anilines is 1. The molecule has 1 heterocycles. The second kappa shape index (κ2) is 16.9. The maximum atomic E-state index is 14.3. The molecule has 0 radical (unpaired) electrons. The quantitative estimate of drug-likeness (QED) is 0.172. The molecule has 7 rings (SSSR count). The minimum Gasteiger partial charge on any atom is -0.496 e. The lowest BCUT2D eigenvalue weighted by molar-refractivity contribution is -0.175. The number of rotatable bonds is 14. The number of nitrogens with zero attached hydrogens (tertiary/aromatic N) is 2. The molecule has 1 saturated heterocycles. The molecule has 0 spiro atoms. The van der Waals surface area contributed by atoms with E-state index in [1.807, 2.05) is 73.6 Å². The molecule has 9 atom stereocenters. The average molecular weight is 770 g/mol. The third-order valence-corrected chi connectivity index (χ3v) is 12.8. The normalized spacial score (nSPS) is 26.4. The third-order valence-electron chi connectivity index (χ3n) is 12.8. The molecule has 3 aliphatic carbocycles. The van der Waals surface area contributed by atoms with Crippen molar-refractivity contribution < 1.29 is 33.8 Å². The highest BCUT2D eigenvalue weighted by molar-refractivity contribution is 5.99. The van der Waals surface area contributed by atoms with E-state index in [9.17, 15) is 19.5 Å². The van der Waals surface area contributed by atoms with Gasteiger partial charge in [-0.1, -0.05) is 69.3 Å². The van der Waals surface area contributed by atoms with Crippen molar-refractivity contribution in [2.24, 2.45) is 34.8 Å². The Morgan fingerprint density at radius 1 is 1.05 bits per heavy atom. The van der Waals surface area contributed by atoms with Gasteiger partial charge in [0.2, 0.25) is 5.91 Å². The molecule has 3 saturated carbocycles. The summed E-state index contributed by atoms with van der Waals surface area (Å²) in [5, 5.41) is 18.9. The van der Waals surface area contributed by atoms with E-state index in [2.05, 4.69) is 31.4 Å². The highest BCUT2D eigenvalue weighted by Crippen LogP contribution is 2.61. The van der Waals surface area contributed by atoms with Crippen LogP contribution in [-0.2, 0) is 32.1 Å². The second-order valence-corrected chi connectivity index (χ2v) is 16.7. The zero-order chi connectivity index (χ0) is 40.5. The van der Waals surface area contributed by atoms with Crippen LogP contribution in [0.15, 0.2) is 66.7 Å². The first kappa shape index (κ1) is 41.2. The van der Waals surface area contributed by atoms with Crippen molar-refractivity contribution in [2.75, 3.05) is 39.8 Å². The van der Waals surface area contributed by atoms with Gasteiger partial charge in [0.25, 0.3) is 5.91 Å². The summed E-state index contributed by atoms with van der Waals surface area (Å²) in [4.78, 5) is 49.3. The first-order valence-corrected chi connectivity index (χ1v) is 19.7. The molecule has 2 amide bonds. The third kappa shape index (κ3) is 8.16. The van der Waals surface area contributed by atoms with Gasteiger partial charge in [-0.15, -0.1) is 0 Å². The number of carbonyl (C=O) groups is 3. The number of amides is 2. The van der Waals surface area contributed by atoms with Crippen LogP contribution in [0, 0.1) is 29.1 Å². The average Bonchev–Trinajstić information content (AvgIpc) is 3.56. The summed E-state index contributed by atoms with van der Waals surface area (Å²) in [5.41, 5.74) is 10.6. The number of fused-ring (bicyclic) bond motifs is 2. The number of para-hydroxylation sites is 1. The van der Waals surface area contributed by atoms with Crippen molar-refractivity contribution in [3.8, 4) is 16.9 Å². The highest BCUT2D eigenvalue weighted by atomic mass is 16.7. The van der Waals surface area contributed by atoms with Crippen LogP contribution < -0.4 is 26.0 Å². The first-order chi connectivity index (χ1) is 26.7. The van der Waals surface area contributed by atoms with Crippen molar-refractivity contribution in [1.82, 2.24) is 15.7 Å². The molecule has 56 heavy (non-hydrogen) atoms. The van der Waals surface area contributed by atoms with Gasteiger partial charge >= 0.3 is 5.97 Å². The summed E-state index contributed by atoms with van der Waals surface area (Å²) >= 11 is 0. The number of carbonyl (C=O) groups excluding carboxylic acids is 3. The van der Waals surface area contributed by atoms with Crippen molar-refractivity contribution >= 4 is 23.5 Å². The molecule has 1 aliphatic heterocycles. The van der Waals surface area contributed by atoms with Crippen LogP contribution >= 0.6 is 0 Å². The molecule has 2 bridgehead atoms. The number of nitrogens with one attached hydrogen (secondary N) is 2. The van der Waals surface area contributed by atoms with E-state index in [1.54, 1.807) is 31.2 Å². The maximum Gasteiger partial charge on any atom is 0.328 e. The van der Waals surface area contributed by atoms with E-state index in [-0.39, 0.29) is 36.9 Å². The Kier molecular flexibility index (Phi) is 12.4. The van der Waals surface area contributed by atoms with Crippen molar-refractivity contribution in [2.45, 2.75) is 83.8 Å². The smallest absolute Gasteiger partial charge is 0.328 e. The van der Waals surface area contributed by atoms with Crippen molar-refractivity contribution in [3.63, 3.8) is 0 Å². The molecule has 302 valence electrons. The summed E-state index contributed by atoms with van der Waals surface area (Å²) in [6.45, 7) is 8.91. The van der Waals surface area contributed by atoms with Gasteiger partial charge in [-0.05, 0) is 72.3 Å². The molecule has 3 aromatic carbocycles. The number of methoxy groups -OCH3 is 2. The maximum absolute atomic E-state index is 14.3. The molecular formula is C44H59N5O7. The van der Waals surface area contributed by atoms with Crippen LogP contribution in [0.1, 0.15) is 62.0 Å². The fourth-order valence-corrected chi connectivity index (χ4v) is 9.46. The number of hydrogen-bond acceptors (Lipinski definition) is 10. The van der Waals surface area contributed by atoms with Crippen LogP contribution in [0.25, 0.3) is 11.1 Å². The van der Waals surface area contributed by atoms with Gasteiger partial charge in [0, 0.05) is 61.4 Å². The standard InChI is InChI=1S/C44H59N5O7/c1-25-34-21-31(44(34,3)4)22-35(25)46-42(52)39-38(26(2)50)37(23-45)56-49(39)24-28-15-12-16-33(40(28)54-7)29-18-30(20-32(19-29)48(5)6)41(51)47-36(43(53)55-8)17-27-13-10-9-11-14-27/h9-16,18-20,25-26,31,34-39,50H,17,21-24,45H2,1-8H3,(H,46,52)(H,47,51)/t25-,26-,31+,34-,35?,36-,37-,38+,39-/m0/s1. The molecular weight excluding hydrogens is 711 g/mol. The molecule has 1 unspecified atom stereocenters.